The fourth-order valence-corrected chi connectivity index (χ4v) is 4.59. The number of halogens is 1. The molecule has 0 radical (unpaired) electrons. The standard InChI is InChI=1S/C21H21FN4O5S/c22-17-3-1-2-4-18(17)23-19(27)9-10-20-24-21(25-31-20)15-5-7-16(8-6-15)32(28,29)26-11-13-30-14-12-26/h1-8H,9-14H2,(H,23,27). The molecule has 2 aromatic carbocycles. The zero-order valence-corrected chi connectivity index (χ0v) is 17.8. The fourth-order valence-electron chi connectivity index (χ4n) is 3.18. The molecule has 11 heteroatoms. The molecule has 1 aromatic heterocycles. The van der Waals surface area contributed by atoms with E-state index in [0.717, 1.165) is 0 Å². The van der Waals surface area contributed by atoms with E-state index in [1.165, 1.54) is 34.6 Å². The molecule has 1 amide bonds. The van der Waals surface area contributed by atoms with Crippen LogP contribution in [0.5, 0.6) is 0 Å². The zero-order valence-electron chi connectivity index (χ0n) is 17.0. The molecule has 0 aliphatic carbocycles. The van der Waals surface area contributed by atoms with Gasteiger partial charge in [-0.1, -0.05) is 17.3 Å². The molecule has 1 aliphatic rings. The van der Waals surface area contributed by atoms with Crippen LogP contribution in [0.3, 0.4) is 0 Å². The molecule has 0 saturated carbocycles. The third-order valence-electron chi connectivity index (χ3n) is 4.90. The Morgan fingerprint density at radius 1 is 1.09 bits per heavy atom. The Labute approximate surface area is 184 Å². The van der Waals surface area contributed by atoms with Crippen molar-refractivity contribution in [1.29, 1.82) is 0 Å². The SMILES string of the molecule is O=C(CCc1nc(-c2ccc(S(=O)(=O)N3CCOCC3)cc2)no1)Nc1ccccc1F. The molecule has 4 rings (SSSR count). The number of carbonyl (C=O) groups is 1. The zero-order chi connectivity index (χ0) is 22.6. The van der Waals surface area contributed by atoms with Gasteiger partial charge >= 0.3 is 0 Å². The van der Waals surface area contributed by atoms with Gasteiger partial charge in [-0.3, -0.25) is 4.79 Å². The van der Waals surface area contributed by atoms with Crippen molar-refractivity contribution in [3.8, 4) is 11.4 Å². The number of carbonyl (C=O) groups excluding carboxylic acids is 1. The van der Waals surface area contributed by atoms with E-state index < -0.39 is 15.8 Å². The van der Waals surface area contributed by atoms with E-state index in [0.29, 0.717) is 31.9 Å². The molecule has 1 aliphatic heterocycles. The largest absolute Gasteiger partial charge is 0.379 e. The second kappa shape index (κ2) is 9.55. The number of rotatable bonds is 7. The smallest absolute Gasteiger partial charge is 0.243 e. The van der Waals surface area contributed by atoms with E-state index in [1.807, 2.05) is 0 Å². The van der Waals surface area contributed by atoms with Crippen LogP contribution in [0.15, 0.2) is 57.9 Å². The van der Waals surface area contributed by atoms with Crippen molar-refractivity contribution in [1.82, 2.24) is 14.4 Å². The van der Waals surface area contributed by atoms with Crippen molar-refractivity contribution in [2.24, 2.45) is 0 Å². The molecule has 1 saturated heterocycles. The first-order valence-corrected chi connectivity index (χ1v) is 11.4. The second-order valence-electron chi connectivity index (χ2n) is 7.08. The maximum atomic E-state index is 13.6. The molecule has 32 heavy (non-hydrogen) atoms. The first-order chi connectivity index (χ1) is 15.4. The summed E-state index contributed by atoms with van der Waals surface area (Å²) in [5.74, 6) is -0.369. The van der Waals surface area contributed by atoms with E-state index in [4.69, 9.17) is 9.26 Å². The number of hydrogen-bond donors (Lipinski definition) is 1. The molecular formula is C21H21FN4O5S. The molecular weight excluding hydrogens is 439 g/mol. The summed E-state index contributed by atoms with van der Waals surface area (Å²) in [5.41, 5.74) is 0.688. The maximum absolute atomic E-state index is 13.6. The molecule has 0 atom stereocenters. The molecule has 3 aromatic rings. The third kappa shape index (κ3) is 5.01. The minimum absolute atomic E-state index is 0.0344. The number of hydrogen-bond acceptors (Lipinski definition) is 7. The van der Waals surface area contributed by atoms with Gasteiger partial charge in [-0.15, -0.1) is 0 Å². The lowest BCUT2D eigenvalue weighted by Crippen LogP contribution is -2.40. The number of morpholine rings is 1. The van der Waals surface area contributed by atoms with E-state index in [1.54, 1.807) is 18.2 Å². The van der Waals surface area contributed by atoms with Crippen molar-refractivity contribution < 1.29 is 26.9 Å². The van der Waals surface area contributed by atoms with Gasteiger partial charge in [-0.05, 0) is 36.4 Å². The number of amides is 1. The van der Waals surface area contributed by atoms with Gasteiger partial charge in [0.15, 0.2) is 0 Å². The maximum Gasteiger partial charge on any atom is 0.243 e. The number of nitrogens with one attached hydrogen (secondary N) is 1. The van der Waals surface area contributed by atoms with Crippen LogP contribution >= 0.6 is 0 Å². The van der Waals surface area contributed by atoms with Crippen molar-refractivity contribution >= 4 is 21.6 Å². The van der Waals surface area contributed by atoms with Gasteiger partial charge in [0, 0.05) is 31.5 Å². The van der Waals surface area contributed by atoms with Gasteiger partial charge in [0.2, 0.25) is 27.6 Å². The fraction of sp³-hybridized carbons (Fsp3) is 0.286. The van der Waals surface area contributed by atoms with Crippen molar-refractivity contribution in [2.75, 3.05) is 31.6 Å². The molecule has 0 unspecified atom stereocenters. The van der Waals surface area contributed by atoms with Crippen LogP contribution in [0, 0.1) is 5.82 Å². The van der Waals surface area contributed by atoms with Gasteiger partial charge in [0.1, 0.15) is 5.82 Å². The molecule has 1 N–H and O–H groups in total. The van der Waals surface area contributed by atoms with Crippen LogP contribution in [0.1, 0.15) is 12.3 Å². The lowest BCUT2D eigenvalue weighted by Gasteiger charge is -2.26. The number of ether oxygens (including phenoxy) is 1. The Morgan fingerprint density at radius 3 is 2.53 bits per heavy atom. The molecule has 2 heterocycles. The molecule has 0 bridgehead atoms. The highest BCUT2D eigenvalue weighted by Crippen LogP contribution is 2.22. The minimum atomic E-state index is -3.58. The van der Waals surface area contributed by atoms with Crippen LogP contribution < -0.4 is 5.32 Å². The number of aryl methyl sites for hydroxylation is 1. The Bertz CT molecular complexity index is 1190. The van der Waals surface area contributed by atoms with Gasteiger partial charge in [-0.2, -0.15) is 9.29 Å². The van der Waals surface area contributed by atoms with Gasteiger partial charge in [0.05, 0.1) is 23.8 Å². The lowest BCUT2D eigenvalue weighted by molar-refractivity contribution is -0.116. The van der Waals surface area contributed by atoms with Crippen LogP contribution in [-0.2, 0) is 26.0 Å². The lowest BCUT2D eigenvalue weighted by atomic mass is 10.2. The number of anilines is 1. The van der Waals surface area contributed by atoms with E-state index in [-0.39, 0.29) is 41.0 Å². The normalized spacial score (nSPS) is 14.9. The summed E-state index contributed by atoms with van der Waals surface area (Å²) in [7, 11) is -3.58. The quantitative estimate of drug-likeness (QED) is 0.576. The van der Waals surface area contributed by atoms with Crippen LogP contribution in [0.2, 0.25) is 0 Å². The predicted octanol–water partition coefficient (Wildman–Crippen LogP) is 2.47. The van der Waals surface area contributed by atoms with Crippen LogP contribution in [-0.4, -0.2) is 55.1 Å². The summed E-state index contributed by atoms with van der Waals surface area (Å²) in [6, 6.07) is 12.1. The number of benzene rings is 2. The first kappa shape index (κ1) is 22.1. The minimum Gasteiger partial charge on any atom is -0.379 e. The van der Waals surface area contributed by atoms with Crippen molar-refractivity contribution in [2.45, 2.75) is 17.7 Å². The van der Waals surface area contributed by atoms with Gasteiger partial charge < -0.3 is 14.6 Å². The first-order valence-electron chi connectivity index (χ1n) is 9.99. The number of sulfonamides is 1. The summed E-state index contributed by atoms with van der Waals surface area (Å²) >= 11 is 0. The Kier molecular flexibility index (Phi) is 6.58. The molecule has 9 nitrogen and oxygen atoms in total. The van der Waals surface area contributed by atoms with Crippen LogP contribution in [0.4, 0.5) is 10.1 Å². The highest BCUT2D eigenvalue weighted by Gasteiger charge is 2.26. The third-order valence-corrected chi connectivity index (χ3v) is 6.82. The summed E-state index contributed by atoms with van der Waals surface area (Å²) < 4.78 is 50.8. The van der Waals surface area contributed by atoms with E-state index in [9.17, 15) is 17.6 Å². The molecule has 1 fully saturated rings. The summed E-state index contributed by atoms with van der Waals surface area (Å²) in [4.78, 5) is 16.5. The Morgan fingerprint density at radius 2 is 1.81 bits per heavy atom. The summed E-state index contributed by atoms with van der Waals surface area (Å²) in [6.07, 6.45) is 0.212. The average molecular weight is 460 g/mol. The highest BCUT2D eigenvalue weighted by molar-refractivity contribution is 7.89. The summed E-state index contributed by atoms with van der Waals surface area (Å²) in [5, 5.41) is 6.38. The van der Waals surface area contributed by atoms with Crippen LogP contribution in [0.25, 0.3) is 11.4 Å². The monoisotopic (exact) mass is 460 g/mol. The van der Waals surface area contributed by atoms with Crippen molar-refractivity contribution in [3.63, 3.8) is 0 Å². The molecule has 168 valence electrons. The molecule has 0 spiro atoms. The predicted molar refractivity (Wildman–Crippen MR) is 113 cm³/mol. The second-order valence-corrected chi connectivity index (χ2v) is 9.02. The Balaban J connectivity index is 1.37. The number of para-hydroxylation sites is 1. The highest BCUT2D eigenvalue weighted by atomic mass is 32.2. The summed E-state index contributed by atoms with van der Waals surface area (Å²) in [6.45, 7) is 1.40. The van der Waals surface area contributed by atoms with E-state index in [2.05, 4.69) is 15.5 Å². The average Bonchev–Trinajstić information content (AvgIpc) is 3.29. The Hall–Kier alpha value is -3.15. The number of aromatic nitrogens is 2. The van der Waals surface area contributed by atoms with E-state index >= 15 is 0 Å². The van der Waals surface area contributed by atoms with Crippen molar-refractivity contribution in [3.05, 3.63) is 60.2 Å². The topological polar surface area (TPSA) is 115 Å². The van der Waals surface area contributed by atoms with Gasteiger partial charge in [-0.25, -0.2) is 12.8 Å². The number of nitrogens with zero attached hydrogens (tertiary/aromatic N) is 3. The van der Waals surface area contributed by atoms with Gasteiger partial charge in [0.25, 0.3) is 0 Å².